The normalized spacial score (nSPS) is 16.0. The SMILES string of the molecule is CCC(C)C(C)NCC(O)COc1ccccc1. The molecule has 0 aliphatic rings. The van der Waals surface area contributed by atoms with E-state index in [4.69, 9.17) is 4.74 Å². The predicted octanol–water partition coefficient (Wildman–Crippen LogP) is 2.45. The lowest BCUT2D eigenvalue weighted by Crippen LogP contribution is -2.39. The van der Waals surface area contributed by atoms with E-state index in [1.807, 2.05) is 30.3 Å². The Balaban J connectivity index is 2.20. The van der Waals surface area contributed by atoms with Crippen LogP contribution in [0.2, 0.25) is 0 Å². The number of nitrogens with one attached hydrogen (secondary N) is 1. The van der Waals surface area contributed by atoms with E-state index < -0.39 is 6.10 Å². The van der Waals surface area contributed by atoms with Gasteiger partial charge in [-0.15, -0.1) is 0 Å². The first-order valence-electron chi connectivity index (χ1n) is 6.72. The van der Waals surface area contributed by atoms with Crippen LogP contribution in [0.25, 0.3) is 0 Å². The molecule has 0 aliphatic carbocycles. The smallest absolute Gasteiger partial charge is 0.119 e. The van der Waals surface area contributed by atoms with Crippen molar-refractivity contribution in [2.24, 2.45) is 5.92 Å². The molecule has 2 N–H and O–H groups in total. The van der Waals surface area contributed by atoms with E-state index >= 15 is 0 Å². The molecule has 3 atom stereocenters. The molecule has 1 aromatic rings. The van der Waals surface area contributed by atoms with E-state index in [-0.39, 0.29) is 0 Å². The summed E-state index contributed by atoms with van der Waals surface area (Å²) in [5.74, 6) is 1.42. The van der Waals surface area contributed by atoms with E-state index in [9.17, 15) is 5.11 Å². The summed E-state index contributed by atoms with van der Waals surface area (Å²) in [5, 5.41) is 13.2. The number of hydrogen-bond acceptors (Lipinski definition) is 3. The number of aliphatic hydroxyl groups excluding tert-OH is 1. The summed E-state index contributed by atoms with van der Waals surface area (Å²) in [7, 11) is 0. The summed E-state index contributed by atoms with van der Waals surface area (Å²) in [6, 6.07) is 9.99. The molecule has 18 heavy (non-hydrogen) atoms. The number of aliphatic hydroxyl groups is 1. The van der Waals surface area contributed by atoms with Crippen LogP contribution < -0.4 is 10.1 Å². The van der Waals surface area contributed by atoms with Crippen molar-refractivity contribution in [2.75, 3.05) is 13.2 Å². The molecule has 3 nitrogen and oxygen atoms in total. The zero-order valence-electron chi connectivity index (χ0n) is 11.6. The minimum absolute atomic E-state index is 0.324. The molecule has 0 aromatic heterocycles. The second-order valence-electron chi connectivity index (χ2n) is 4.86. The Morgan fingerprint density at radius 2 is 1.89 bits per heavy atom. The molecule has 0 spiro atoms. The van der Waals surface area contributed by atoms with Crippen molar-refractivity contribution in [3.63, 3.8) is 0 Å². The quantitative estimate of drug-likeness (QED) is 0.745. The van der Waals surface area contributed by atoms with Crippen LogP contribution in [0.3, 0.4) is 0 Å². The van der Waals surface area contributed by atoms with Crippen LogP contribution in [0.5, 0.6) is 5.75 Å². The fourth-order valence-electron chi connectivity index (χ4n) is 1.64. The molecule has 0 heterocycles. The Kier molecular flexibility index (Phi) is 6.76. The van der Waals surface area contributed by atoms with E-state index in [1.165, 1.54) is 0 Å². The molecule has 0 saturated heterocycles. The first kappa shape index (κ1) is 15.0. The number of para-hydroxylation sites is 1. The topological polar surface area (TPSA) is 41.5 Å². The van der Waals surface area contributed by atoms with Crippen molar-refractivity contribution < 1.29 is 9.84 Å². The minimum Gasteiger partial charge on any atom is -0.491 e. The Morgan fingerprint density at radius 1 is 1.22 bits per heavy atom. The maximum Gasteiger partial charge on any atom is 0.119 e. The number of ether oxygens (including phenoxy) is 1. The number of rotatable bonds is 8. The molecule has 102 valence electrons. The molecule has 0 aliphatic heterocycles. The van der Waals surface area contributed by atoms with Crippen molar-refractivity contribution >= 4 is 0 Å². The lowest BCUT2D eigenvalue weighted by Gasteiger charge is -2.22. The molecule has 0 radical (unpaired) electrons. The van der Waals surface area contributed by atoms with Gasteiger partial charge in [0.15, 0.2) is 0 Å². The molecule has 0 bridgehead atoms. The van der Waals surface area contributed by atoms with Crippen LogP contribution in [-0.2, 0) is 0 Å². The third-order valence-corrected chi connectivity index (χ3v) is 3.36. The minimum atomic E-state index is -0.475. The standard InChI is InChI=1S/C15H25NO2/c1-4-12(2)13(3)16-10-14(17)11-18-15-8-6-5-7-9-15/h5-9,12-14,16-17H,4,10-11H2,1-3H3. The summed E-state index contributed by atoms with van der Waals surface area (Å²) >= 11 is 0. The van der Waals surface area contributed by atoms with E-state index in [2.05, 4.69) is 26.1 Å². The van der Waals surface area contributed by atoms with Gasteiger partial charge in [-0.1, -0.05) is 38.5 Å². The fourth-order valence-corrected chi connectivity index (χ4v) is 1.64. The molecule has 1 aromatic carbocycles. The molecular weight excluding hydrogens is 226 g/mol. The van der Waals surface area contributed by atoms with Crippen LogP contribution in [0.15, 0.2) is 30.3 Å². The van der Waals surface area contributed by atoms with Crippen LogP contribution >= 0.6 is 0 Å². The predicted molar refractivity (Wildman–Crippen MR) is 74.9 cm³/mol. The van der Waals surface area contributed by atoms with Gasteiger partial charge in [0.2, 0.25) is 0 Å². The Bertz CT molecular complexity index is 316. The maximum atomic E-state index is 9.83. The fraction of sp³-hybridized carbons (Fsp3) is 0.600. The highest BCUT2D eigenvalue weighted by molar-refractivity contribution is 5.20. The lowest BCUT2D eigenvalue weighted by atomic mass is 10.0. The zero-order chi connectivity index (χ0) is 13.4. The zero-order valence-corrected chi connectivity index (χ0v) is 11.6. The van der Waals surface area contributed by atoms with Crippen molar-refractivity contribution in [1.29, 1.82) is 0 Å². The molecule has 3 unspecified atom stereocenters. The van der Waals surface area contributed by atoms with E-state index in [0.29, 0.717) is 25.1 Å². The van der Waals surface area contributed by atoms with Crippen molar-refractivity contribution in [3.8, 4) is 5.75 Å². The number of hydrogen-bond donors (Lipinski definition) is 2. The van der Waals surface area contributed by atoms with Crippen molar-refractivity contribution in [1.82, 2.24) is 5.32 Å². The number of benzene rings is 1. The largest absolute Gasteiger partial charge is 0.491 e. The van der Waals surface area contributed by atoms with Gasteiger partial charge in [0.1, 0.15) is 18.5 Å². The highest BCUT2D eigenvalue weighted by Gasteiger charge is 2.12. The average molecular weight is 251 g/mol. The van der Waals surface area contributed by atoms with Gasteiger partial charge in [0, 0.05) is 12.6 Å². The van der Waals surface area contributed by atoms with Gasteiger partial charge in [-0.2, -0.15) is 0 Å². The molecular formula is C15H25NO2. The maximum absolute atomic E-state index is 9.83. The van der Waals surface area contributed by atoms with E-state index in [1.54, 1.807) is 0 Å². The van der Waals surface area contributed by atoms with Gasteiger partial charge in [-0.3, -0.25) is 0 Å². The summed E-state index contributed by atoms with van der Waals surface area (Å²) < 4.78 is 5.50. The van der Waals surface area contributed by atoms with Crippen LogP contribution in [-0.4, -0.2) is 30.4 Å². The highest BCUT2D eigenvalue weighted by atomic mass is 16.5. The molecule has 0 fully saturated rings. The van der Waals surface area contributed by atoms with E-state index in [0.717, 1.165) is 12.2 Å². The average Bonchev–Trinajstić information content (AvgIpc) is 2.42. The molecule has 3 heteroatoms. The Labute approximate surface area is 110 Å². The molecule has 1 rings (SSSR count). The van der Waals surface area contributed by atoms with Crippen molar-refractivity contribution in [2.45, 2.75) is 39.3 Å². The third-order valence-electron chi connectivity index (χ3n) is 3.36. The Hall–Kier alpha value is -1.06. The van der Waals surface area contributed by atoms with Gasteiger partial charge < -0.3 is 15.2 Å². The second-order valence-corrected chi connectivity index (χ2v) is 4.86. The summed E-state index contributed by atoms with van der Waals surface area (Å²) in [4.78, 5) is 0. The summed E-state index contributed by atoms with van der Waals surface area (Å²) in [6.07, 6.45) is 0.668. The Morgan fingerprint density at radius 3 is 2.50 bits per heavy atom. The lowest BCUT2D eigenvalue weighted by molar-refractivity contribution is 0.102. The monoisotopic (exact) mass is 251 g/mol. The summed E-state index contributed by atoms with van der Waals surface area (Å²) in [5.41, 5.74) is 0. The van der Waals surface area contributed by atoms with Crippen LogP contribution in [0.1, 0.15) is 27.2 Å². The highest BCUT2D eigenvalue weighted by Crippen LogP contribution is 2.09. The van der Waals surface area contributed by atoms with Gasteiger partial charge in [0.25, 0.3) is 0 Å². The van der Waals surface area contributed by atoms with Crippen molar-refractivity contribution in [3.05, 3.63) is 30.3 Å². The second kappa shape index (κ2) is 8.11. The van der Waals surface area contributed by atoms with Crippen LogP contribution in [0.4, 0.5) is 0 Å². The first-order chi connectivity index (χ1) is 8.63. The molecule has 0 amide bonds. The van der Waals surface area contributed by atoms with Gasteiger partial charge in [-0.25, -0.2) is 0 Å². The van der Waals surface area contributed by atoms with Crippen LogP contribution in [0, 0.1) is 5.92 Å². The summed E-state index contributed by atoms with van der Waals surface area (Å²) in [6.45, 7) is 7.43. The van der Waals surface area contributed by atoms with Gasteiger partial charge in [0.05, 0.1) is 0 Å². The third kappa shape index (κ3) is 5.52. The molecule has 0 saturated carbocycles. The van der Waals surface area contributed by atoms with Gasteiger partial charge >= 0.3 is 0 Å². The first-order valence-corrected chi connectivity index (χ1v) is 6.72. The van der Waals surface area contributed by atoms with Gasteiger partial charge in [-0.05, 0) is 25.0 Å².